The quantitative estimate of drug-likeness (QED) is 0.278. The first-order chi connectivity index (χ1) is 17.6. The molecule has 36 heavy (non-hydrogen) atoms. The summed E-state index contributed by atoms with van der Waals surface area (Å²) in [5, 5.41) is 4.92. The number of piperazine rings is 1. The SMILES string of the molecule is CCOCCOc1c(N2CCN([S+]([O-])CCc3ccccc3)CC2)cnn(-c2cccc(Cl)c2)c1=O. The predicted molar refractivity (Wildman–Crippen MR) is 144 cm³/mol. The Morgan fingerprint density at radius 3 is 2.56 bits per heavy atom. The Bertz CT molecular complexity index is 1170. The van der Waals surface area contributed by atoms with Gasteiger partial charge < -0.3 is 18.9 Å². The fourth-order valence-corrected chi connectivity index (χ4v) is 5.46. The molecule has 0 radical (unpaired) electrons. The van der Waals surface area contributed by atoms with Gasteiger partial charge in [-0.3, -0.25) is 4.79 Å². The third kappa shape index (κ3) is 6.80. The van der Waals surface area contributed by atoms with Crippen molar-refractivity contribution >= 4 is 28.7 Å². The van der Waals surface area contributed by atoms with Crippen LogP contribution in [0.4, 0.5) is 5.69 Å². The largest absolute Gasteiger partial charge is 0.598 e. The molecule has 0 spiro atoms. The lowest BCUT2D eigenvalue weighted by molar-refractivity contribution is 0.109. The molecule has 1 aliphatic rings. The highest BCUT2D eigenvalue weighted by Gasteiger charge is 2.28. The maximum Gasteiger partial charge on any atom is 0.316 e. The topological polar surface area (TPSA) is 82.9 Å². The highest BCUT2D eigenvalue weighted by atomic mass is 35.5. The molecule has 2 heterocycles. The standard InChI is InChI=1S/C26H31ClN4O4S/c1-2-34-16-17-35-25-24(20-28-31(26(25)32)23-10-6-9-22(27)19-23)29-12-14-30(15-13-29)36(33)18-11-21-7-4-3-5-8-21/h3-10,19-20H,2,11-18H2,1H3. The van der Waals surface area contributed by atoms with Gasteiger partial charge in [-0.25, -0.2) is 0 Å². The average molecular weight is 531 g/mol. The molecule has 1 atom stereocenters. The second-order valence-corrected chi connectivity index (χ2v) is 10.3. The van der Waals surface area contributed by atoms with E-state index < -0.39 is 11.4 Å². The average Bonchev–Trinajstić information content (AvgIpc) is 2.91. The van der Waals surface area contributed by atoms with E-state index in [1.807, 2.05) is 29.4 Å². The van der Waals surface area contributed by atoms with Crippen LogP contribution in [0.1, 0.15) is 12.5 Å². The Morgan fingerprint density at radius 1 is 1.06 bits per heavy atom. The van der Waals surface area contributed by atoms with Gasteiger partial charge in [0.05, 0.1) is 31.6 Å². The van der Waals surface area contributed by atoms with Crippen LogP contribution in [0, 0.1) is 0 Å². The van der Waals surface area contributed by atoms with Gasteiger partial charge in [0.1, 0.15) is 18.0 Å². The molecule has 1 saturated heterocycles. The summed E-state index contributed by atoms with van der Waals surface area (Å²) < 4.78 is 27.5. The summed E-state index contributed by atoms with van der Waals surface area (Å²) in [6.07, 6.45) is 2.43. The number of anilines is 1. The Balaban J connectivity index is 1.46. The van der Waals surface area contributed by atoms with Crippen molar-refractivity contribution in [2.45, 2.75) is 13.3 Å². The van der Waals surface area contributed by atoms with Crippen molar-refractivity contribution < 1.29 is 14.0 Å². The van der Waals surface area contributed by atoms with Crippen molar-refractivity contribution in [3.05, 3.63) is 81.7 Å². The molecule has 8 nitrogen and oxygen atoms in total. The number of hydrogen-bond acceptors (Lipinski definition) is 7. The first-order valence-electron chi connectivity index (χ1n) is 12.1. The second kappa shape index (κ2) is 13.1. The van der Waals surface area contributed by atoms with Gasteiger partial charge in [0, 0.05) is 42.5 Å². The van der Waals surface area contributed by atoms with Gasteiger partial charge in [-0.1, -0.05) is 48.0 Å². The van der Waals surface area contributed by atoms with Crippen LogP contribution in [0.25, 0.3) is 5.69 Å². The van der Waals surface area contributed by atoms with Crippen LogP contribution in [0.5, 0.6) is 5.75 Å². The minimum absolute atomic E-state index is 0.225. The van der Waals surface area contributed by atoms with Crippen molar-refractivity contribution in [1.82, 2.24) is 14.1 Å². The fraction of sp³-hybridized carbons (Fsp3) is 0.385. The highest BCUT2D eigenvalue weighted by molar-refractivity contribution is 7.89. The zero-order chi connectivity index (χ0) is 25.3. The molecule has 2 aromatic carbocycles. The van der Waals surface area contributed by atoms with Crippen molar-refractivity contribution in [2.75, 3.05) is 56.7 Å². The van der Waals surface area contributed by atoms with E-state index in [1.54, 1.807) is 30.5 Å². The molecule has 1 aromatic heterocycles. The summed E-state index contributed by atoms with van der Waals surface area (Å²) in [5.41, 5.74) is 2.02. The summed E-state index contributed by atoms with van der Waals surface area (Å²) in [4.78, 5) is 15.5. The van der Waals surface area contributed by atoms with Gasteiger partial charge in [0.15, 0.2) is 0 Å². The summed E-state index contributed by atoms with van der Waals surface area (Å²) >= 11 is 5.06. The molecule has 0 aliphatic carbocycles. The van der Waals surface area contributed by atoms with Crippen molar-refractivity contribution in [3.8, 4) is 11.4 Å². The maximum atomic E-state index is 13.4. The first kappa shape index (κ1) is 26.5. The molecule has 0 amide bonds. The van der Waals surface area contributed by atoms with Crippen LogP contribution in [0.15, 0.2) is 65.6 Å². The minimum atomic E-state index is -1.06. The van der Waals surface area contributed by atoms with Crippen LogP contribution in [0.3, 0.4) is 0 Å². The van der Waals surface area contributed by atoms with Crippen LogP contribution in [0.2, 0.25) is 5.02 Å². The Labute approximate surface area is 219 Å². The molecule has 192 valence electrons. The number of rotatable bonds is 11. The maximum absolute atomic E-state index is 13.4. The molecule has 0 bridgehead atoms. The number of aryl methyl sites for hydroxylation is 1. The monoisotopic (exact) mass is 530 g/mol. The van der Waals surface area contributed by atoms with Crippen molar-refractivity contribution in [3.63, 3.8) is 0 Å². The van der Waals surface area contributed by atoms with E-state index in [4.69, 9.17) is 21.1 Å². The molecule has 0 saturated carbocycles. The van der Waals surface area contributed by atoms with Crippen molar-refractivity contribution in [1.29, 1.82) is 0 Å². The van der Waals surface area contributed by atoms with Gasteiger partial charge in [0.2, 0.25) is 5.75 Å². The zero-order valence-corrected chi connectivity index (χ0v) is 21.9. The van der Waals surface area contributed by atoms with Gasteiger partial charge >= 0.3 is 5.56 Å². The number of ether oxygens (including phenoxy) is 2. The lowest BCUT2D eigenvalue weighted by atomic mass is 10.2. The van der Waals surface area contributed by atoms with Gasteiger partial charge in [-0.05, 0) is 30.7 Å². The molecular weight excluding hydrogens is 500 g/mol. The lowest BCUT2D eigenvalue weighted by Crippen LogP contribution is -2.50. The molecule has 1 fully saturated rings. The third-order valence-corrected chi connectivity index (χ3v) is 7.65. The Hall–Kier alpha value is -2.56. The fourth-order valence-electron chi connectivity index (χ4n) is 4.04. The van der Waals surface area contributed by atoms with E-state index in [0.717, 1.165) is 6.42 Å². The van der Waals surface area contributed by atoms with Gasteiger partial charge in [0.25, 0.3) is 0 Å². The van der Waals surface area contributed by atoms with E-state index in [1.165, 1.54) is 10.2 Å². The smallest absolute Gasteiger partial charge is 0.316 e. The van der Waals surface area contributed by atoms with Gasteiger partial charge in [-0.15, -0.1) is 4.31 Å². The second-order valence-electron chi connectivity index (χ2n) is 8.28. The summed E-state index contributed by atoms with van der Waals surface area (Å²) in [5.74, 6) is 0.816. The summed E-state index contributed by atoms with van der Waals surface area (Å²) in [6, 6.07) is 17.1. The number of hydrogen-bond donors (Lipinski definition) is 0. The molecule has 4 rings (SSSR count). The summed E-state index contributed by atoms with van der Waals surface area (Å²) in [7, 11) is 0. The normalized spacial score (nSPS) is 15.1. The van der Waals surface area contributed by atoms with Gasteiger partial charge in [-0.2, -0.15) is 9.78 Å². The first-order valence-corrected chi connectivity index (χ1v) is 13.7. The van der Waals surface area contributed by atoms with E-state index in [-0.39, 0.29) is 17.9 Å². The number of aromatic nitrogens is 2. The Kier molecular flexibility index (Phi) is 9.66. The lowest BCUT2D eigenvalue weighted by Gasteiger charge is -2.36. The molecule has 3 aromatic rings. The van der Waals surface area contributed by atoms with Crippen LogP contribution < -0.4 is 15.2 Å². The van der Waals surface area contributed by atoms with E-state index >= 15 is 0 Å². The summed E-state index contributed by atoms with van der Waals surface area (Å²) in [6.45, 7) is 5.58. The van der Waals surface area contributed by atoms with Crippen LogP contribution in [-0.4, -0.2) is 70.4 Å². The Morgan fingerprint density at radius 2 is 1.83 bits per heavy atom. The van der Waals surface area contributed by atoms with Crippen LogP contribution >= 0.6 is 11.6 Å². The number of nitrogens with zero attached hydrogens (tertiary/aromatic N) is 4. The van der Waals surface area contributed by atoms with Crippen LogP contribution in [-0.2, 0) is 22.5 Å². The van der Waals surface area contributed by atoms with E-state index in [9.17, 15) is 9.35 Å². The number of halogens is 1. The highest BCUT2D eigenvalue weighted by Crippen LogP contribution is 2.26. The van der Waals surface area contributed by atoms with Crippen molar-refractivity contribution in [2.24, 2.45) is 0 Å². The molecule has 1 unspecified atom stereocenters. The molecule has 10 heteroatoms. The minimum Gasteiger partial charge on any atom is -0.598 e. The van der Waals surface area contributed by atoms with E-state index in [0.29, 0.717) is 61.5 Å². The third-order valence-electron chi connectivity index (χ3n) is 5.92. The molecular formula is C26H31ClN4O4S. The zero-order valence-electron chi connectivity index (χ0n) is 20.3. The molecule has 1 aliphatic heterocycles. The van der Waals surface area contributed by atoms with E-state index in [2.05, 4.69) is 22.1 Å². The molecule has 0 N–H and O–H groups in total. The number of benzene rings is 2. The predicted octanol–water partition coefficient (Wildman–Crippen LogP) is 3.33.